The first-order valence-corrected chi connectivity index (χ1v) is 6.51. The SMILES string of the molecule is CCCn1ncc(Cl)c1C(CCOCC(F)F)NN. The smallest absolute Gasteiger partial charge is 0.261 e. The second-order valence-corrected chi connectivity index (χ2v) is 4.48. The molecule has 1 atom stereocenters. The zero-order valence-corrected chi connectivity index (χ0v) is 11.5. The van der Waals surface area contributed by atoms with Gasteiger partial charge in [0.15, 0.2) is 0 Å². The number of nitrogens with zero attached hydrogens (tertiary/aromatic N) is 2. The van der Waals surface area contributed by atoms with Crippen molar-refractivity contribution in [3.63, 3.8) is 0 Å². The lowest BCUT2D eigenvalue weighted by atomic mass is 10.1. The fourth-order valence-electron chi connectivity index (χ4n) is 1.78. The summed E-state index contributed by atoms with van der Waals surface area (Å²) in [6.07, 6.45) is 0.442. The van der Waals surface area contributed by atoms with E-state index >= 15 is 0 Å². The molecule has 0 bridgehead atoms. The summed E-state index contributed by atoms with van der Waals surface area (Å²) in [4.78, 5) is 0. The van der Waals surface area contributed by atoms with Gasteiger partial charge >= 0.3 is 0 Å². The van der Waals surface area contributed by atoms with Crippen molar-refractivity contribution in [3.8, 4) is 0 Å². The lowest BCUT2D eigenvalue weighted by Crippen LogP contribution is -2.31. The first-order chi connectivity index (χ1) is 9.10. The van der Waals surface area contributed by atoms with Crippen molar-refractivity contribution in [1.29, 1.82) is 0 Å². The normalized spacial score (nSPS) is 13.2. The van der Waals surface area contributed by atoms with Gasteiger partial charge in [0.05, 0.1) is 23.0 Å². The third kappa shape index (κ3) is 5.02. The number of nitrogens with two attached hydrogens (primary N) is 1. The largest absolute Gasteiger partial charge is 0.375 e. The quantitative estimate of drug-likeness (QED) is 0.416. The van der Waals surface area contributed by atoms with E-state index in [1.165, 1.54) is 0 Å². The molecule has 1 rings (SSSR count). The van der Waals surface area contributed by atoms with Crippen LogP contribution in [0.3, 0.4) is 0 Å². The monoisotopic (exact) mass is 296 g/mol. The lowest BCUT2D eigenvalue weighted by Gasteiger charge is -2.18. The van der Waals surface area contributed by atoms with Gasteiger partial charge in [0.25, 0.3) is 6.43 Å². The summed E-state index contributed by atoms with van der Waals surface area (Å²) in [5.41, 5.74) is 3.38. The lowest BCUT2D eigenvalue weighted by molar-refractivity contribution is 0.0141. The highest BCUT2D eigenvalue weighted by atomic mass is 35.5. The molecule has 1 aromatic heterocycles. The molecule has 0 amide bonds. The Kier molecular flexibility index (Phi) is 7.22. The van der Waals surface area contributed by atoms with Gasteiger partial charge in [0.1, 0.15) is 6.61 Å². The molecule has 0 aliphatic heterocycles. The Morgan fingerprint density at radius 1 is 1.58 bits per heavy atom. The van der Waals surface area contributed by atoms with E-state index in [1.54, 1.807) is 10.9 Å². The molecule has 0 radical (unpaired) electrons. The highest BCUT2D eigenvalue weighted by molar-refractivity contribution is 6.31. The van der Waals surface area contributed by atoms with Crippen LogP contribution in [0.2, 0.25) is 5.02 Å². The number of aromatic nitrogens is 2. The van der Waals surface area contributed by atoms with Crippen molar-refractivity contribution in [2.45, 2.75) is 38.8 Å². The van der Waals surface area contributed by atoms with Crippen LogP contribution in [0.5, 0.6) is 0 Å². The van der Waals surface area contributed by atoms with Crippen LogP contribution >= 0.6 is 11.6 Å². The van der Waals surface area contributed by atoms with Gasteiger partial charge in [-0.1, -0.05) is 18.5 Å². The fraction of sp³-hybridized carbons (Fsp3) is 0.727. The molecule has 110 valence electrons. The van der Waals surface area contributed by atoms with Crippen LogP contribution in [-0.2, 0) is 11.3 Å². The zero-order valence-electron chi connectivity index (χ0n) is 10.8. The van der Waals surface area contributed by atoms with Gasteiger partial charge in [-0.2, -0.15) is 5.10 Å². The van der Waals surface area contributed by atoms with Crippen LogP contribution in [0.25, 0.3) is 0 Å². The molecule has 19 heavy (non-hydrogen) atoms. The predicted molar refractivity (Wildman–Crippen MR) is 69.0 cm³/mol. The van der Waals surface area contributed by atoms with Crippen molar-refractivity contribution in [1.82, 2.24) is 15.2 Å². The number of nitrogens with one attached hydrogen (secondary N) is 1. The Hall–Kier alpha value is -0.760. The van der Waals surface area contributed by atoms with Gasteiger partial charge in [0.2, 0.25) is 0 Å². The van der Waals surface area contributed by atoms with Crippen LogP contribution in [0.4, 0.5) is 8.78 Å². The summed E-state index contributed by atoms with van der Waals surface area (Å²) in [7, 11) is 0. The predicted octanol–water partition coefficient (Wildman–Crippen LogP) is 2.12. The number of rotatable bonds is 9. The first-order valence-electron chi connectivity index (χ1n) is 6.13. The first kappa shape index (κ1) is 16.3. The number of hydrogen-bond donors (Lipinski definition) is 2. The van der Waals surface area contributed by atoms with E-state index in [4.69, 9.17) is 22.2 Å². The van der Waals surface area contributed by atoms with Crippen LogP contribution in [0.15, 0.2) is 6.20 Å². The van der Waals surface area contributed by atoms with E-state index in [9.17, 15) is 8.78 Å². The number of ether oxygens (including phenoxy) is 1. The van der Waals surface area contributed by atoms with Gasteiger partial charge in [-0.25, -0.2) is 8.78 Å². The second-order valence-electron chi connectivity index (χ2n) is 4.07. The Labute approximate surface area is 116 Å². The molecule has 0 saturated heterocycles. The fourth-order valence-corrected chi connectivity index (χ4v) is 2.05. The summed E-state index contributed by atoms with van der Waals surface area (Å²) >= 11 is 6.08. The minimum atomic E-state index is -2.46. The maximum absolute atomic E-state index is 11.9. The standard InChI is InChI=1S/C11H19ClF2N4O/c1-2-4-18-11(8(12)6-16-18)9(17-15)3-5-19-7-10(13)14/h6,9-10,17H,2-5,7,15H2,1H3. The van der Waals surface area contributed by atoms with E-state index < -0.39 is 13.0 Å². The summed E-state index contributed by atoms with van der Waals surface area (Å²) in [5.74, 6) is 5.49. The molecule has 1 heterocycles. The maximum atomic E-state index is 11.9. The van der Waals surface area contributed by atoms with E-state index in [-0.39, 0.29) is 12.6 Å². The van der Waals surface area contributed by atoms with Crippen LogP contribution in [0, 0.1) is 0 Å². The van der Waals surface area contributed by atoms with Crippen molar-refractivity contribution in [2.75, 3.05) is 13.2 Å². The summed E-state index contributed by atoms with van der Waals surface area (Å²) in [6, 6.07) is -0.278. The van der Waals surface area contributed by atoms with Crippen molar-refractivity contribution in [3.05, 3.63) is 16.9 Å². The third-order valence-electron chi connectivity index (χ3n) is 2.59. The average molecular weight is 297 g/mol. The molecule has 3 N–H and O–H groups in total. The van der Waals surface area contributed by atoms with Crippen LogP contribution < -0.4 is 11.3 Å². The molecule has 0 spiro atoms. The highest BCUT2D eigenvalue weighted by Crippen LogP contribution is 2.25. The van der Waals surface area contributed by atoms with Crippen molar-refractivity contribution in [2.24, 2.45) is 5.84 Å². The minimum Gasteiger partial charge on any atom is -0.375 e. The number of alkyl halides is 2. The van der Waals surface area contributed by atoms with Crippen LogP contribution in [-0.4, -0.2) is 29.4 Å². The molecule has 8 heteroatoms. The van der Waals surface area contributed by atoms with E-state index in [0.29, 0.717) is 11.4 Å². The molecule has 1 unspecified atom stereocenters. The van der Waals surface area contributed by atoms with Gasteiger partial charge in [-0.15, -0.1) is 0 Å². The summed E-state index contributed by atoms with van der Waals surface area (Å²) < 4.78 is 30.5. The third-order valence-corrected chi connectivity index (χ3v) is 2.89. The van der Waals surface area contributed by atoms with E-state index in [1.807, 2.05) is 6.92 Å². The molecular formula is C11H19ClF2N4O. The Morgan fingerprint density at radius 2 is 2.32 bits per heavy atom. The molecular weight excluding hydrogens is 278 g/mol. The topological polar surface area (TPSA) is 65.1 Å². The Bertz CT molecular complexity index is 376. The van der Waals surface area contributed by atoms with E-state index in [2.05, 4.69) is 10.5 Å². The molecule has 1 aromatic rings. The summed E-state index contributed by atoms with van der Waals surface area (Å²) in [6.45, 7) is 2.35. The van der Waals surface area contributed by atoms with Gasteiger partial charge < -0.3 is 4.74 Å². The van der Waals surface area contributed by atoms with Crippen molar-refractivity contribution < 1.29 is 13.5 Å². The maximum Gasteiger partial charge on any atom is 0.261 e. The highest BCUT2D eigenvalue weighted by Gasteiger charge is 2.19. The molecule has 0 saturated carbocycles. The van der Waals surface area contributed by atoms with Crippen molar-refractivity contribution >= 4 is 11.6 Å². The minimum absolute atomic E-state index is 0.173. The molecule has 0 fully saturated rings. The molecule has 0 aromatic carbocycles. The zero-order chi connectivity index (χ0) is 14.3. The number of hydrazine groups is 1. The average Bonchev–Trinajstić information content (AvgIpc) is 2.72. The van der Waals surface area contributed by atoms with Crippen LogP contribution in [0.1, 0.15) is 31.5 Å². The molecule has 0 aliphatic carbocycles. The van der Waals surface area contributed by atoms with Gasteiger partial charge in [-0.3, -0.25) is 16.0 Å². The van der Waals surface area contributed by atoms with Gasteiger partial charge in [0, 0.05) is 13.2 Å². The Morgan fingerprint density at radius 3 is 2.89 bits per heavy atom. The summed E-state index contributed by atoms with van der Waals surface area (Å²) in [5, 5.41) is 4.66. The molecule has 5 nitrogen and oxygen atoms in total. The number of aryl methyl sites for hydroxylation is 1. The molecule has 0 aliphatic rings. The van der Waals surface area contributed by atoms with E-state index in [0.717, 1.165) is 18.7 Å². The number of hydrogen-bond acceptors (Lipinski definition) is 4. The second kappa shape index (κ2) is 8.42. The van der Waals surface area contributed by atoms with Gasteiger partial charge in [-0.05, 0) is 12.8 Å². The number of halogens is 3. The Balaban J connectivity index is 2.60.